The average molecular weight is 487 g/mol. The number of rotatable bonds is 7. The minimum atomic E-state index is 0. The SMILES string of the molecule is CCc1cnc(CCNC(=NC)NCc2nc(-c3ccco3)n[nH]2)s1.I. The summed E-state index contributed by atoms with van der Waals surface area (Å²) < 4.78 is 5.28. The van der Waals surface area contributed by atoms with E-state index >= 15 is 0 Å². The van der Waals surface area contributed by atoms with E-state index in [0.29, 0.717) is 29.9 Å². The van der Waals surface area contributed by atoms with E-state index < -0.39 is 0 Å². The van der Waals surface area contributed by atoms with Gasteiger partial charge in [-0.2, -0.15) is 0 Å². The average Bonchev–Trinajstić information content (AvgIpc) is 3.39. The molecule has 26 heavy (non-hydrogen) atoms. The van der Waals surface area contributed by atoms with Gasteiger partial charge < -0.3 is 15.1 Å². The third kappa shape index (κ3) is 5.53. The van der Waals surface area contributed by atoms with Crippen LogP contribution in [0.1, 0.15) is 22.6 Å². The summed E-state index contributed by atoms with van der Waals surface area (Å²) in [5, 5.41) is 14.6. The molecule has 0 amide bonds. The summed E-state index contributed by atoms with van der Waals surface area (Å²) in [6, 6.07) is 3.63. The van der Waals surface area contributed by atoms with Gasteiger partial charge in [0.2, 0.25) is 5.82 Å². The second-order valence-corrected chi connectivity index (χ2v) is 6.46. The molecule has 0 aliphatic heterocycles. The van der Waals surface area contributed by atoms with Gasteiger partial charge in [-0.05, 0) is 18.6 Å². The van der Waals surface area contributed by atoms with Gasteiger partial charge in [0, 0.05) is 31.1 Å². The number of halogens is 1. The molecule has 0 aromatic carbocycles. The van der Waals surface area contributed by atoms with Crippen LogP contribution < -0.4 is 10.6 Å². The van der Waals surface area contributed by atoms with E-state index in [1.54, 1.807) is 30.7 Å². The monoisotopic (exact) mass is 487 g/mol. The number of guanidine groups is 1. The van der Waals surface area contributed by atoms with Gasteiger partial charge in [0.15, 0.2) is 11.7 Å². The van der Waals surface area contributed by atoms with E-state index in [9.17, 15) is 0 Å². The maximum atomic E-state index is 5.28. The van der Waals surface area contributed by atoms with Crippen LogP contribution in [0.15, 0.2) is 34.0 Å². The first-order chi connectivity index (χ1) is 12.3. The van der Waals surface area contributed by atoms with E-state index in [1.165, 1.54) is 4.88 Å². The fourth-order valence-corrected chi connectivity index (χ4v) is 3.06. The summed E-state index contributed by atoms with van der Waals surface area (Å²) in [5.74, 6) is 2.60. The zero-order chi connectivity index (χ0) is 17.5. The number of H-pyrrole nitrogens is 1. The fourth-order valence-electron chi connectivity index (χ4n) is 2.19. The number of aryl methyl sites for hydroxylation is 1. The third-order valence-electron chi connectivity index (χ3n) is 3.50. The molecule has 140 valence electrons. The largest absolute Gasteiger partial charge is 0.461 e. The van der Waals surface area contributed by atoms with Gasteiger partial charge in [0.05, 0.1) is 17.8 Å². The third-order valence-corrected chi connectivity index (χ3v) is 4.70. The highest BCUT2D eigenvalue weighted by molar-refractivity contribution is 14.0. The molecule has 10 heteroatoms. The van der Waals surface area contributed by atoms with Crippen molar-refractivity contribution in [2.75, 3.05) is 13.6 Å². The van der Waals surface area contributed by atoms with Crippen molar-refractivity contribution in [1.29, 1.82) is 0 Å². The van der Waals surface area contributed by atoms with Gasteiger partial charge in [-0.1, -0.05) is 6.92 Å². The van der Waals surface area contributed by atoms with Crippen LogP contribution in [-0.4, -0.2) is 39.7 Å². The van der Waals surface area contributed by atoms with Crippen LogP contribution in [0.5, 0.6) is 0 Å². The molecule has 3 heterocycles. The van der Waals surface area contributed by atoms with Crippen LogP contribution in [0.2, 0.25) is 0 Å². The first-order valence-electron chi connectivity index (χ1n) is 8.11. The number of hydrogen-bond donors (Lipinski definition) is 3. The molecule has 0 aliphatic rings. The standard InChI is InChI=1S/C16H21N7OS.HI/c1-3-11-9-19-14(25-11)6-7-18-16(17-2)20-10-13-21-15(23-22-13)12-5-4-8-24-12;/h4-5,8-9H,3,6-7,10H2,1-2H3,(H2,17,18,20)(H,21,22,23);1H. The molecule has 3 rings (SSSR count). The van der Waals surface area contributed by atoms with E-state index in [4.69, 9.17) is 4.42 Å². The molecule has 0 radical (unpaired) electrons. The lowest BCUT2D eigenvalue weighted by Gasteiger charge is -2.09. The molecule has 3 aromatic rings. The number of nitrogens with one attached hydrogen (secondary N) is 3. The Morgan fingerprint density at radius 1 is 1.38 bits per heavy atom. The van der Waals surface area contributed by atoms with Gasteiger partial charge in [-0.25, -0.2) is 9.97 Å². The Kier molecular flexibility index (Phi) is 8.04. The summed E-state index contributed by atoms with van der Waals surface area (Å²) in [4.78, 5) is 14.3. The van der Waals surface area contributed by atoms with Crippen molar-refractivity contribution in [2.24, 2.45) is 4.99 Å². The highest BCUT2D eigenvalue weighted by Crippen LogP contribution is 2.14. The molecule has 0 saturated carbocycles. The van der Waals surface area contributed by atoms with Crippen LogP contribution >= 0.6 is 35.3 Å². The topological polar surface area (TPSA) is 104 Å². The van der Waals surface area contributed by atoms with Gasteiger partial charge in [0.1, 0.15) is 5.82 Å². The smallest absolute Gasteiger partial charge is 0.216 e. The molecule has 0 fully saturated rings. The van der Waals surface area contributed by atoms with E-state index in [2.05, 4.69) is 42.7 Å². The Hall–Kier alpha value is -1.95. The molecule has 0 spiro atoms. The minimum absolute atomic E-state index is 0. The summed E-state index contributed by atoms with van der Waals surface area (Å²) >= 11 is 1.76. The molecule has 0 atom stereocenters. The van der Waals surface area contributed by atoms with Crippen molar-refractivity contribution < 1.29 is 4.42 Å². The molecule has 8 nitrogen and oxygen atoms in total. The maximum Gasteiger partial charge on any atom is 0.216 e. The molecule has 0 unspecified atom stereocenters. The normalized spacial score (nSPS) is 11.2. The summed E-state index contributed by atoms with van der Waals surface area (Å²) in [6.07, 6.45) is 5.46. The van der Waals surface area contributed by atoms with Gasteiger partial charge in [-0.3, -0.25) is 10.1 Å². The second-order valence-electron chi connectivity index (χ2n) is 5.26. The van der Waals surface area contributed by atoms with E-state index in [1.807, 2.05) is 12.3 Å². The van der Waals surface area contributed by atoms with Crippen molar-refractivity contribution in [3.05, 3.63) is 40.3 Å². The predicted molar refractivity (Wildman–Crippen MR) is 113 cm³/mol. The number of nitrogens with zero attached hydrogens (tertiary/aromatic N) is 4. The Bertz CT molecular complexity index is 812. The van der Waals surface area contributed by atoms with Crippen molar-refractivity contribution in [3.8, 4) is 11.6 Å². The summed E-state index contributed by atoms with van der Waals surface area (Å²) in [6.45, 7) is 3.40. The second kappa shape index (κ2) is 10.3. The maximum absolute atomic E-state index is 5.28. The highest BCUT2D eigenvalue weighted by Gasteiger charge is 2.08. The quantitative estimate of drug-likeness (QED) is 0.269. The number of furan rings is 1. The molecule has 3 N–H and O–H groups in total. The van der Waals surface area contributed by atoms with Crippen molar-refractivity contribution in [1.82, 2.24) is 30.8 Å². The van der Waals surface area contributed by atoms with Crippen molar-refractivity contribution >= 4 is 41.3 Å². The first-order valence-corrected chi connectivity index (χ1v) is 8.93. The predicted octanol–water partition coefficient (Wildman–Crippen LogP) is 2.61. The lowest BCUT2D eigenvalue weighted by Crippen LogP contribution is -2.38. The van der Waals surface area contributed by atoms with Crippen LogP contribution in [0, 0.1) is 0 Å². The Morgan fingerprint density at radius 2 is 2.27 bits per heavy atom. The number of aromatic nitrogens is 4. The van der Waals surface area contributed by atoms with Crippen LogP contribution in [-0.2, 0) is 19.4 Å². The summed E-state index contributed by atoms with van der Waals surface area (Å²) in [5.41, 5.74) is 0. The first kappa shape index (κ1) is 20.4. The molecule has 0 bridgehead atoms. The molecular weight excluding hydrogens is 465 g/mol. The highest BCUT2D eigenvalue weighted by atomic mass is 127. The number of thiazole rings is 1. The van der Waals surface area contributed by atoms with E-state index in [-0.39, 0.29) is 24.0 Å². The van der Waals surface area contributed by atoms with Crippen molar-refractivity contribution in [2.45, 2.75) is 26.3 Å². The molecule has 3 aromatic heterocycles. The molecular formula is C16H22IN7OS. The minimum Gasteiger partial charge on any atom is -0.461 e. The van der Waals surface area contributed by atoms with Gasteiger partial charge >= 0.3 is 0 Å². The lowest BCUT2D eigenvalue weighted by molar-refractivity contribution is 0.577. The van der Waals surface area contributed by atoms with Gasteiger partial charge in [0.25, 0.3) is 0 Å². The van der Waals surface area contributed by atoms with Gasteiger partial charge in [-0.15, -0.1) is 40.4 Å². The van der Waals surface area contributed by atoms with Crippen LogP contribution in [0.25, 0.3) is 11.6 Å². The zero-order valence-electron chi connectivity index (χ0n) is 14.7. The molecule has 0 aliphatic carbocycles. The molecule has 0 saturated heterocycles. The van der Waals surface area contributed by atoms with Crippen LogP contribution in [0.3, 0.4) is 0 Å². The van der Waals surface area contributed by atoms with Crippen LogP contribution in [0.4, 0.5) is 0 Å². The zero-order valence-corrected chi connectivity index (χ0v) is 17.8. The number of hydrogen-bond acceptors (Lipinski definition) is 6. The Balaban J connectivity index is 0.00000243. The van der Waals surface area contributed by atoms with E-state index in [0.717, 1.165) is 24.4 Å². The Morgan fingerprint density at radius 3 is 2.96 bits per heavy atom. The fraction of sp³-hybridized carbons (Fsp3) is 0.375. The van der Waals surface area contributed by atoms with Crippen molar-refractivity contribution in [3.63, 3.8) is 0 Å². The summed E-state index contributed by atoms with van der Waals surface area (Å²) in [7, 11) is 1.74. The Labute approximate surface area is 173 Å². The number of aliphatic imine (C=N–C) groups is 1. The lowest BCUT2D eigenvalue weighted by atomic mass is 10.4. The number of aromatic amines is 1.